The van der Waals surface area contributed by atoms with Gasteiger partial charge in [-0.3, -0.25) is 0 Å². The van der Waals surface area contributed by atoms with Crippen molar-refractivity contribution in [2.75, 3.05) is 0 Å². The van der Waals surface area contributed by atoms with Crippen molar-refractivity contribution in [2.24, 2.45) is 0 Å². The van der Waals surface area contributed by atoms with Gasteiger partial charge < -0.3 is 4.74 Å². The predicted octanol–water partition coefficient (Wildman–Crippen LogP) is 4.68. The summed E-state index contributed by atoms with van der Waals surface area (Å²) in [6.07, 6.45) is 0. The van der Waals surface area contributed by atoms with E-state index in [1.165, 1.54) is 0 Å². The Kier molecular flexibility index (Phi) is 3.62. The summed E-state index contributed by atoms with van der Waals surface area (Å²) in [7, 11) is 0. The topological polar surface area (TPSA) is 9.23 Å². The van der Waals surface area contributed by atoms with Crippen LogP contribution in [0.5, 0.6) is 5.75 Å². The van der Waals surface area contributed by atoms with E-state index in [-0.39, 0.29) is 0 Å². The first-order valence-corrected chi connectivity index (χ1v) is 5.90. The van der Waals surface area contributed by atoms with E-state index < -0.39 is 0 Å². The van der Waals surface area contributed by atoms with Gasteiger partial charge in [-0.05, 0) is 30.7 Å². The van der Waals surface area contributed by atoms with Crippen LogP contribution in [0.3, 0.4) is 0 Å². The maximum atomic E-state index is 5.50. The first-order valence-electron chi connectivity index (χ1n) is 5.10. The molecule has 0 saturated heterocycles. The molecule has 2 heteroatoms. The standard InChI is InChI=1S/C14H12BrO/c1-2-16-14-9-8-12(15)10-13(14)11-6-4-3-5-7-11/h2-10H,1H3. The van der Waals surface area contributed by atoms with Gasteiger partial charge >= 0.3 is 0 Å². The summed E-state index contributed by atoms with van der Waals surface area (Å²) < 4.78 is 6.55. The first-order chi connectivity index (χ1) is 7.81. The molecular weight excluding hydrogens is 264 g/mol. The summed E-state index contributed by atoms with van der Waals surface area (Å²) in [5.74, 6) is 0.872. The molecule has 0 aromatic heterocycles. The lowest BCUT2D eigenvalue weighted by molar-refractivity contribution is 0.418. The van der Waals surface area contributed by atoms with E-state index in [1.54, 1.807) is 6.61 Å². The average molecular weight is 276 g/mol. The van der Waals surface area contributed by atoms with Crippen molar-refractivity contribution in [1.82, 2.24) is 0 Å². The Morgan fingerprint density at radius 1 is 1.06 bits per heavy atom. The monoisotopic (exact) mass is 275 g/mol. The molecule has 16 heavy (non-hydrogen) atoms. The maximum absolute atomic E-state index is 5.50. The van der Waals surface area contributed by atoms with Crippen molar-refractivity contribution in [1.29, 1.82) is 0 Å². The minimum Gasteiger partial charge on any atom is -0.486 e. The lowest BCUT2D eigenvalue weighted by Gasteiger charge is -2.10. The second-order valence-electron chi connectivity index (χ2n) is 3.36. The van der Waals surface area contributed by atoms with Crippen LogP contribution in [0.1, 0.15) is 6.92 Å². The van der Waals surface area contributed by atoms with Gasteiger partial charge in [-0.1, -0.05) is 46.3 Å². The molecule has 81 valence electrons. The Morgan fingerprint density at radius 2 is 1.81 bits per heavy atom. The third-order valence-corrected chi connectivity index (χ3v) is 2.76. The molecule has 0 aliphatic rings. The van der Waals surface area contributed by atoms with Gasteiger partial charge in [0.05, 0.1) is 0 Å². The molecule has 2 aromatic rings. The highest BCUT2D eigenvalue weighted by molar-refractivity contribution is 9.10. The quantitative estimate of drug-likeness (QED) is 0.791. The van der Waals surface area contributed by atoms with Gasteiger partial charge in [0.25, 0.3) is 0 Å². The van der Waals surface area contributed by atoms with E-state index in [1.807, 2.05) is 37.3 Å². The summed E-state index contributed by atoms with van der Waals surface area (Å²) in [5, 5.41) is 0. The third kappa shape index (κ3) is 2.45. The van der Waals surface area contributed by atoms with E-state index in [2.05, 4.69) is 34.1 Å². The first kappa shape index (κ1) is 11.2. The number of hydrogen-bond donors (Lipinski definition) is 0. The molecule has 1 nitrogen and oxygen atoms in total. The van der Waals surface area contributed by atoms with Crippen molar-refractivity contribution in [3.8, 4) is 16.9 Å². The normalized spacial score (nSPS) is 10.1. The molecule has 0 spiro atoms. The molecule has 0 bridgehead atoms. The smallest absolute Gasteiger partial charge is 0.132 e. The summed E-state index contributed by atoms with van der Waals surface area (Å²) >= 11 is 3.48. The van der Waals surface area contributed by atoms with Crippen LogP contribution in [0.4, 0.5) is 0 Å². The van der Waals surface area contributed by atoms with Crippen LogP contribution < -0.4 is 4.74 Å². The number of halogens is 1. The molecule has 2 rings (SSSR count). The van der Waals surface area contributed by atoms with Crippen molar-refractivity contribution < 1.29 is 4.74 Å². The van der Waals surface area contributed by atoms with Gasteiger partial charge in [0, 0.05) is 10.0 Å². The summed E-state index contributed by atoms with van der Waals surface area (Å²) in [5.41, 5.74) is 2.24. The fourth-order valence-electron chi connectivity index (χ4n) is 1.58. The highest BCUT2D eigenvalue weighted by Gasteiger charge is 2.06. The van der Waals surface area contributed by atoms with Crippen LogP contribution in [0.2, 0.25) is 0 Å². The third-order valence-electron chi connectivity index (χ3n) is 2.27. The molecule has 0 fully saturated rings. The van der Waals surface area contributed by atoms with Crippen LogP contribution >= 0.6 is 15.9 Å². The molecule has 0 unspecified atom stereocenters. The van der Waals surface area contributed by atoms with Gasteiger partial charge in [-0.25, -0.2) is 0 Å². The van der Waals surface area contributed by atoms with Gasteiger partial charge in [0.15, 0.2) is 0 Å². The Bertz CT molecular complexity index is 465. The fraction of sp³-hybridized carbons (Fsp3) is 0.0714. The fourth-order valence-corrected chi connectivity index (χ4v) is 1.94. The summed E-state index contributed by atoms with van der Waals surface area (Å²) in [6.45, 7) is 3.56. The molecule has 0 heterocycles. The molecule has 0 atom stereocenters. The predicted molar refractivity (Wildman–Crippen MR) is 70.2 cm³/mol. The van der Waals surface area contributed by atoms with Crippen LogP contribution in [-0.2, 0) is 0 Å². The second kappa shape index (κ2) is 5.17. The molecule has 0 aliphatic carbocycles. The zero-order chi connectivity index (χ0) is 11.4. The van der Waals surface area contributed by atoms with E-state index in [0.717, 1.165) is 21.3 Å². The molecule has 1 radical (unpaired) electrons. The Hall–Kier alpha value is -1.28. The molecule has 2 aromatic carbocycles. The molecular formula is C14H12BrO. The van der Waals surface area contributed by atoms with Crippen LogP contribution in [0.25, 0.3) is 11.1 Å². The number of rotatable bonds is 3. The zero-order valence-electron chi connectivity index (χ0n) is 8.98. The van der Waals surface area contributed by atoms with Crippen molar-refractivity contribution >= 4 is 15.9 Å². The van der Waals surface area contributed by atoms with Gasteiger partial charge in [0.1, 0.15) is 12.4 Å². The lowest BCUT2D eigenvalue weighted by Crippen LogP contribution is -1.89. The Morgan fingerprint density at radius 3 is 2.50 bits per heavy atom. The van der Waals surface area contributed by atoms with E-state index in [4.69, 9.17) is 4.74 Å². The largest absolute Gasteiger partial charge is 0.486 e. The van der Waals surface area contributed by atoms with Crippen LogP contribution in [0.15, 0.2) is 53.0 Å². The zero-order valence-corrected chi connectivity index (χ0v) is 10.6. The van der Waals surface area contributed by atoms with Crippen molar-refractivity contribution in [3.63, 3.8) is 0 Å². The minimum atomic E-state index is 0.872. The highest BCUT2D eigenvalue weighted by atomic mass is 79.9. The Balaban J connectivity index is 2.49. The van der Waals surface area contributed by atoms with Crippen molar-refractivity contribution in [2.45, 2.75) is 6.92 Å². The maximum Gasteiger partial charge on any atom is 0.132 e. The van der Waals surface area contributed by atoms with Crippen molar-refractivity contribution in [3.05, 3.63) is 59.6 Å². The Labute approximate surface area is 104 Å². The minimum absolute atomic E-state index is 0.872. The van der Waals surface area contributed by atoms with Gasteiger partial charge in [0.2, 0.25) is 0 Å². The van der Waals surface area contributed by atoms with E-state index in [9.17, 15) is 0 Å². The highest BCUT2D eigenvalue weighted by Crippen LogP contribution is 2.32. The number of hydrogen-bond acceptors (Lipinski definition) is 1. The van der Waals surface area contributed by atoms with Crippen LogP contribution in [-0.4, -0.2) is 0 Å². The lowest BCUT2D eigenvalue weighted by atomic mass is 10.1. The summed E-state index contributed by atoms with van der Waals surface area (Å²) in [6, 6.07) is 16.2. The summed E-state index contributed by atoms with van der Waals surface area (Å²) in [4.78, 5) is 0. The second-order valence-corrected chi connectivity index (χ2v) is 4.28. The molecule has 0 aliphatic heterocycles. The average Bonchev–Trinajstić information content (AvgIpc) is 2.33. The van der Waals surface area contributed by atoms with Crippen LogP contribution in [0, 0.1) is 6.61 Å². The number of ether oxygens (including phenoxy) is 1. The molecule has 0 saturated carbocycles. The number of benzene rings is 2. The van der Waals surface area contributed by atoms with Gasteiger partial charge in [-0.15, -0.1) is 0 Å². The molecule has 0 N–H and O–H groups in total. The molecule has 0 amide bonds. The van der Waals surface area contributed by atoms with Gasteiger partial charge in [-0.2, -0.15) is 0 Å². The van der Waals surface area contributed by atoms with E-state index >= 15 is 0 Å². The van der Waals surface area contributed by atoms with E-state index in [0.29, 0.717) is 0 Å². The SMILES string of the molecule is C[CH]Oc1ccc(Br)cc1-c1ccccc1.